The maximum absolute atomic E-state index is 13.0. The first kappa shape index (κ1) is 12.0. The lowest BCUT2D eigenvalue weighted by molar-refractivity contribution is -0.299. The van der Waals surface area contributed by atoms with E-state index in [-0.39, 0.29) is 10.6 Å². The van der Waals surface area contributed by atoms with Crippen molar-refractivity contribution in [2.24, 2.45) is 5.11 Å². The Morgan fingerprint density at radius 1 is 1.62 bits per heavy atom. The van der Waals surface area contributed by atoms with Crippen molar-refractivity contribution < 1.29 is 14.3 Å². The molecule has 0 saturated carbocycles. The van der Waals surface area contributed by atoms with Gasteiger partial charge in [-0.1, -0.05) is 23.7 Å². The van der Waals surface area contributed by atoms with Crippen LogP contribution in [0.4, 0.5) is 4.39 Å². The number of nitrogens with zero attached hydrogens (tertiary/aromatic N) is 2. The van der Waals surface area contributed by atoms with Crippen molar-refractivity contribution in [3.63, 3.8) is 0 Å². The van der Waals surface area contributed by atoms with Gasteiger partial charge in [0.05, 0.1) is 11.0 Å². The Hall–Kier alpha value is -2.04. The average Bonchev–Trinajstić information content (AvgIpc) is 2.23. The fourth-order valence-electron chi connectivity index (χ4n) is 0.962. The second kappa shape index (κ2) is 5.16. The van der Waals surface area contributed by atoms with E-state index in [1.807, 2.05) is 0 Å². The first-order valence-corrected chi connectivity index (χ1v) is 4.38. The van der Waals surface area contributed by atoms with Crippen LogP contribution >= 0.6 is 11.6 Å². The Bertz CT molecular complexity index is 505. The molecule has 0 aromatic heterocycles. The van der Waals surface area contributed by atoms with E-state index in [9.17, 15) is 14.3 Å². The Kier molecular flexibility index (Phi) is 3.88. The van der Waals surface area contributed by atoms with Crippen LogP contribution < -0.4 is 10.0 Å². The summed E-state index contributed by atoms with van der Waals surface area (Å²) < 4.78 is 13.0. The maximum Gasteiger partial charge on any atom is 0.220 e. The highest BCUT2D eigenvalue weighted by Gasteiger charge is 2.08. The third-order valence-corrected chi connectivity index (χ3v) is 2.04. The number of carboxylic acid groups (broad SMARTS) is 1. The third kappa shape index (κ3) is 2.73. The highest BCUT2D eigenvalue weighted by atomic mass is 35.5. The largest absolute Gasteiger partial charge is 0.543 e. The number of carbonyl (C=O) groups excluding carboxylic acids is 1. The molecule has 5 nitrogen and oxygen atoms in total. The summed E-state index contributed by atoms with van der Waals surface area (Å²) in [5.41, 5.74) is 5.92. The van der Waals surface area contributed by atoms with Crippen molar-refractivity contribution in [3.05, 3.63) is 40.3 Å². The van der Waals surface area contributed by atoms with Crippen LogP contribution in [0.1, 0.15) is 5.56 Å². The smallest absolute Gasteiger partial charge is 0.220 e. The molecular weight excluding hydrogens is 237 g/mol. The summed E-state index contributed by atoms with van der Waals surface area (Å²) in [5, 5.41) is 13.3. The third-order valence-electron chi connectivity index (χ3n) is 1.64. The molecule has 0 bridgehead atoms. The molecule has 1 rings (SSSR count). The number of halogens is 2. The number of rotatable bonds is 3. The maximum atomic E-state index is 13.0. The summed E-state index contributed by atoms with van der Waals surface area (Å²) in [5.74, 6) is -2.31. The minimum absolute atomic E-state index is 0.119. The molecule has 0 amide bonds. The van der Waals surface area contributed by atoms with E-state index in [1.165, 1.54) is 12.1 Å². The summed E-state index contributed by atoms with van der Waals surface area (Å²) >= 11 is 5.59. The first-order chi connectivity index (χ1) is 7.56. The minimum atomic E-state index is -1.63. The summed E-state index contributed by atoms with van der Waals surface area (Å²) in [6, 6.07) is 3.88. The molecule has 0 aliphatic heterocycles. The van der Waals surface area contributed by atoms with Gasteiger partial charge in [-0.3, -0.25) is 0 Å². The van der Waals surface area contributed by atoms with Crippen molar-refractivity contribution in [2.45, 2.75) is 0 Å². The molecule has 0 atom stereocenters. The van der Waals surface area contributed by atoms with Crippen LogP contribution in [0.2, 0.25) is 5.02 Å². The van der Waals surface area contributed by atoms with Gasteiger partial charge in [-0.25, -0.2) is 4.39 Å². The molecular formula is C9H5ClFN3O2. The zero-order valence-corrected chi connectivity index (χ0v) is 8.53. The number of hydrogen-bond donors (Lipinski definition) is 1. The van der Waals surface area contributed by atoms with Gasteiger partial charge >= 0.3 is 0 Å². The highest BCUT2D eigenvalue weighted by molar-refractivity contribution is 6.32. The lowest BCUT2D eigenvalue weighted by Crippen LogP contribution is -2.23. The minimum Gasteiger partial charge on any atom is -0.543 e. The van der Waals surface area contributed by atoms with Crippen LogP contribution in [0.25, 0.3) is 6.08 Å². The van der Waals surface area contributed by atoms with Crippen molar-refractivity contribution in [1.82, 2.24) is 4.91 Å². The molecule has 82 valence electrons. The number of carboxylic acids is 1. The molecule has 7 heteroatoms. The highest BCUT2D eigenvalue weighted by Crippen LogP contribution is 2.22. The lowest BCUT2D eigenvalue weighted by atomic mass is 10.2. The summed E-state index contributed by atoms with van der Waals surface area (Å²) in [6.07, 6.45) is 0.971. The van der Waals surface area contributed by atoms with E-state index in [0.29, 0.717) is 0 Å². The second-order valence-corrected chi connectivity index (χ2v) is 3.04. The summed E-state index contributed by atoms with van der Waals surface area (Å²) in [7, 11) is 0. The molecule has 1 aromatic carbocycles. The summed E-state index contributed by atoms with van der Waals surface area (Å²) in [4.78, 5) is 13.1. The van der Waals surface area contributed by atoms with E-state index in [4.69, 9.17) is 17.1 Å². The Morgan fingerprint density at radius 2 is 2.31 bits per heavy atom. The van der Waals surface area contributed by atoms with Crippen LogP contribution in [-0.4, -0.2) is 5.97 Å². The van der Waals surface area contributed by atoms with Crippen molar-refractivity contribution >= 4 is 23.6 Å². The van der Waals surface area contributed by atoms with Gasteiger partial charge in [-0.15, -0.1) is 0 Å². The topological polar surface area (TPSA) is 90.4 Å². The molecule has 16 heavy (non-hydrogen) atoms. The molecule has 0 unspecified atom stereocenters. The van der Waals surface area contributed by atoms with E-state index >= 15 is 0 Å². The van der Waals surface area contributed by atoms with Crippen molar-refractivity contribution in [1.29, 1.82) is 5.53 Å². The zero-order chi connectivity index (χ0) is 12.1. The molecule has 1 N–H and O–H groups in total. The first-order valence-electron chi connectivity index (χ1n) is 4.00. The molecule has 0 fully saturated rings. The molecule has 0 spiro atoms. The number of hydrogen-bond acceptors (Lipinski definition) is 4. The van der Waals surface area contributed by atoms with Gasteiger partial charge in [-0.05, 0) is 17.7 Å². The number of nitrogens with one attached hydrogen (secondary N) is 1. The Morgan fingerprint density at radius 3 is 2.88 bits per heavy atom. The lowest BCUT2D eigenvalue weighted by Gasteiger charge is -2.00. The quantitative estimate of drug-likeness (QED) is 0.488. The fourth-order valence-corrected chi connectivity index (χ4v) is 1.14. The van der Waals surface area contributed by atoms with Gasteiger partial charge in [0.1, 0.15) is 11.3 Å². The van der Waals surface area contributed by atoms with Crippen LogP contribution in [0.15, 0.2) is 29.0 Å². The molecule has 0 aliphatic rings. The normalized spacial score (nSPS) is 10.8. The Balaban J connectivity index is 3.28. The van der Waals surface area contributed by atoms with Gasteiger partial charge in [0.25, 0.3) is 0 Å². The van der Waals surface area contributed by atoms with E-state index < -0.39 is 17.5 Å². The van der Waals surface area contributed by atoms with Gasteiger partial charge in [0, 0.05) is 0 Å². The van der Waals surface area contributed by atoms with Crippen LogP contribution in [0.3, 0.4) is 0 Å². The zero-order valence-electron chi connectivity index (χ0n) is 7.78. The van der Waals surface area contributed by atoms with Gasteiger partial charge < -0.3 is 9.90 Å². The SMILES string of the molecule is N=[N+]=N/C(=C\c1cccc(F)c1Cl)C(=O)[O-]. The number of benzene rings is 1. The molecule has 0 heterocycles. The van der Waals surface area contributed by atoms with E-state index in [2.05, 4.69) is 10.0 Å². The summed E-state index contributed by atoms with van der Waals surface area (Å²) in [6.45, 7) is 0. The van der Waals surface area contributed by atoms with Crippen LogP contribution in [0, 0.1) is 11.3 Å². The van der Waals surface area contributed by atoms with Crippen molar-refractivity contribution in [2.75, 3.05) is 0 Å². The van der Waals surface area contributed by atoms with Gasteiger partial charge in [-0.2, -0.15) is 0 Å². The molecule has 0 radical (unpaired) electrons. The van der Waals surface area contributed by atoms with Gasteiger partial charge in [0.2, 0.25) is 4.91 Å². The second-order valence-electron chi connectivity index (χ2n) is 2.66. The monoisotopic (exact) mass is 241 g/mol. The number of aliphatic carboxylic acids is 1. The van der Waals surface area contributed by atoms with Gasteiger partial charge in [0.15, 0.2) is 10.8 Å². The van der Waals surface area contributed by atoms with Crippen molar-refractivity contribution in [3.8, 4) is 0 Å². The number of carbonyl (C=O) groups is 1. The molecule has 0 saturated heterocycles. The average molecular weight is 242 g/mol. The predicted molar refractivity (Wildman–Crippen MR) is 51.7 cm³/mol. The molecule has 1 aromatic rings. The molecule has 0 aliphatic carbocycles. The van der Waals surface area contributed by atoms with E-state index in [1.54, 1.807) is 0 Å². The van der Waals surface area contributed by atoms with Crippen LogP contribution in [-0.2, 0) is 4.79 Å². The predicted octanol–water partition coefficient (Wildman–Crippen LogP) is 1.12. The fraction of sp³-hybridized carbons (Fsp3) is 0. The van der Waals surface area contributed by atoms with E-state index in [0.717, 1.165) is 12.1 Å². The Labute approximate surface area is 94.4 Å². The standard InChI is InChI=1S/C9H5ClFN3O2/c10-8-5(2-1-3-6(8)11)4-7(9(15)16)13-14-12/h1-4,12H/b7-4-. The van der Waals surface area contributed by atoms with Crippen LogP contribution in [0.5, 0.6) is 0 Å².